The van der Waals surface area contributed by atoms with Gasteiger partial charge in [0.05, 0.1) is 11.6 Å². The van der Waals surface area contributed by atoms with Gasteiger partial charge in [0.2, 0.25) is 0 Å². The molecule has 0 radical (unpaired) electrons. The quantitative estimate of drug-likeness (QED) is 0.750. The van der Waals surface area contributed by atoms with E-state index in [0.717, 1.165) is 10.2 Å². The Morgan fingerprint density at radius 1 is 1.38 bits per heavy atom. The zero-order valence-electron chi connectivity index (χ0n) is 7.43. The molecular weight excluding hydrogens is 248 g/mol. The van der Waals surface area contributed by atoms with Crippen molar-refractivity contribution < 1.29 is 4.74 Å². The zero-order chi connectivity index (χ0) is 9.42. The topological polar surface area (TPSA) is 9.23 Å². The molecule has 0 aliphatic rings. The van der Waals surface area contributed by atoms with E-state index >= 15 is 0 Å². The summed E-state index contributed by atoms with van der Waals surface area (Å²) in [4.78, 5) is 1.32. The molecular formula is C10H9BrOS. The number of rotatable bonds is 1. The van der Waals surface area contributed by atoms with Crippen molar-refractivity contribution in [2.45, 2.75) is 6.92 Å². The lowest BCUT2D eigenvalue weighted by Gasteiger charge is -2.02. The maximum atomic E-state index is 5.22. The summed E-state index contributed by atoms with van der Waals surface area (Å²) in [5.41, 5.74) is 0. The predicted molar refractivity (Wildman–Crippen MR) is 60.8 cm³/mol. The Morgan fingerprint density at radius 2 is 2.15 bits per heavy atom. The second kappa shape index (κ2) is 3.31. The van der Waals surface area contributed by atoms with Gasteiger partial charge in [-0.15, -0.1) is 11.3 Å². The minimum atomic E-state index is 0.894. The number of fused-ring (bicyclic) bond motifs is 1. The Labute approximate surface area is 89.5 Å². The minimum Gasteiger partial charge on any atom is -0.496 e. The van der Waals surface area contributed by atoms with Gasteiger partial charge in [-0.1, -0.05) is 0 Å². The number of methoxy groups -OCH3 is 1. The summed E-state index contributed by atoms with van der Waals surface area (Å²) in [5, 5.41) is 1.24. The Kier molecular flexibility index (Phi) is 2.30. The SMILES string of the molecule is COc1ccc2sc(C)cc2c1Br. The van der Waals surface area contributed by atoms with Crippen molar-refractivity contribution in [3.05, 3.63) is 27.5 Å². The van der Waals surface area contributed by atoms with Crippen LogP contribution in [0.25, 0.3) is 10.1 Å². The number of hydrogen-bond donors (Lipinski definition) is 0. The van der Waals surface area contributed by atoms with Crippen LogP contribution >= 0.6 is 27.3 Å². The van der Waals surface area contributed by atoms with Crippen LogP contribution in [0.15, 0.2) is 22.7 Å². The van der Waals surface area contributed by atoms with E-state index in [1.165, 1.54) is 15.0 Å². The van der Waals surface area contributed by atoms with Crippen LogP contribution in [0.4, 0.5) is 0 Å². The van der Waals surface area contributed by atoms with Crippen molar-refractivity contribution in [3.63, 3.8) is 0 Å². The second-order valence-corrected chi connectivity index (χ2v) is 4.93. The Balaban J connectivity index is 2.78. The summed E-state index contributed by atoms with van der Waals surface area (Å²) in [5.74, 6) is 0.894. The molecule has 0 amide bonds. The first-order valence-electron chi connectivity index (χ1n) is 3.95. The van der Waals surface area contributed by atoms with Crippen molar-refractivity contribution in [1.82, 2.24) is 0 Å². The molecule has 1 heterocycles. The number of halogens is 1. The van der Waals surface area contributed by atoms with Crippen molar-refractivity contribution in [2.75, 3.05) is 7.11 Å². The van der Waals surface area contributed by atoms with Crippen LogP contribution < -0.4 is 4.74 Å². The molecule has 1 aromatic heterocycles. The molecule has 2 aromatic rings. The average Bonchev–Trinajstić information content (AvgIpc) is 2.47. The molecule has 0 saturated heterocycles. The number of hydrogen-bond acceptors (Lipinski definition) is 2. The van der Waals surface area contributed by atoms with Crippen LogP contribution in [0.2, 0.25) is 0 Å². The Hall–Kier alpha value is -0.540. The van der Waals surface area contributed by atoms with Gasteiger partial charge < -0.3 is 4.74 Å². The summed E-state index contributed by atoms with van der Waals surface area (Å²) in [6, 6.07) is 6.26. The van der Waals surface area contributed by atoms with Gasteiger partial charge in [-0.25, -0.2) is 0 Å². The van der Waals surface area contributed by atoms with Crippen molar-refractivity contribution >= 4 is 37.4 Å². The third-order valence-electron chi connectivity index (χ3n) is 1.94. The highest BCUT2D eigenvalue weighted by Crippen LogP contribution is 2.36. The fraction of sp³-hybridized carbons (Fsp3) is 0.200. The normalized spacial score (nSPS) is 10.7. The lowest BCUT2D eigenvalue weighted by atomic mass is 10.2. The van der Waals surface area contributed by atoms with E-state index in [9.17, 15) is 0 Å². The summed E-state index contributed by atoms with van der Waals surface area (Å²) in [7, 11) is 1.69. The van der Waals surface area contributed by atoms with Crippen LogP contribution in [0.3, 0.4) is 0 Å². The first-order chi connectivity index (χ1) is 6.22. The molecule has 0 spiro atoms. The molecule has 0 bridgehead atoms. The van der Waals surface area contributed by atoms with Crippen LogP contribution in [0, 0.1) is 6.92 Å². The molecule has 68 valence electrons. The zero-order valence-corrected chi connectivity index (χ0v) is 9.83. The molecule has 3 heteroatoms. The molecule has 0 atom stereocenters. The highest BCUT2D eigenvalue weighted by molar-refractivity contribution is 9.10. The lowest BCUT2D eigenvalue weighted by Crippen LogP contribution is -1.82. The summed E-state index contributed by atoms with van der Waals surface area (Å²) < 4.78 is 7.57. The average molecular weight is 257 g/mol. The molecule has 1 nitrogen and oxygen atoms in total. The third-order valence-corrected chi connectivity index (χ3v) is 3.78. The molecule has 13 heavy (non-hydrogen) atoms. The van der Waals surface area contributed by atoms with Gasteiger partial charge in [-0.3, -0.25) is 0 Å². The van der Waals surface area contributed by atoms with Crippen LogP contribution in [0.1, 0.15) is 4.88 Å². The van der Waals surface area contributed by atoms with Gasteiger partial charge in [0.25, 0.3) is 0 Å². The number of aryl methyl sites for hydroxylation is 1. The van der Waals surface area contributed by atoms with Gasteiger partial charge in [0.15, 0.2) is 0 Å². The molecule has 0 aliphatic heterocycles. The number of ether oxygens (including phenoxy) is 1. The fourth-order valence-electron chi connectivity index (χ4n) is 1.34. The van der Waals surface area contributed by atoms with Crippen molar-refractivity contribution in [3.8, 4) is 5.75 Å². The highest BCUT2D eigenvalue weighted by atomic mass is 79.9. The van der Waals surface area contributed by atoms with Crippen LogP contribution in [-0.4, -0.2) is 7.11 Å². The fourth-order valence-corrected chi connectivity index (χ4v) is 3.03. The van der Waals surface area contributed by atoms with E-state index in [0.29, 0.717) is 0 Å². The van der Waals surface area contributed by atoms with E-state index in [4.69, 9.17) is 4.74 Å². The summed E-state index contributed by atoms with van der Waals surface area (Å²) >= 11 is 5.34. The number of benzene rings is 1. The van der Waals surface area contributed by atoms with Gasteiger partial charge in [-0.05, 0) is 41.1 Å². The molecule has 0 N–H and O–H groups in total. The van der Waals surface area contributed by atoms with Gasteiger partial charge in [0.1, 0.15) is 5.75 Å². The van der Waals surface area contributed by atoms with Crippen molar-refractivity contribution in [1.29, 1.82) is 0 Å². The first-order valence-corrected chi connectivity index (χ1v) is 5.56. The van der Waals surface area contributed by atoms with E-state index in [1.807, 2.05) is 6.07 Å². The standard InChI is InChI=1S/C10H9BrOS/c1-6-5-7-9(13-6)4-3-8(12-2)10(7)11/h3-5H,1-2H3. The predicted octanol–water partition coefficient (Wildman–Crippen LogP) is 3.98. The van der Waals surface area contributed by atoms with Gasteiger partial charge in [0, 0.05) is 15.0 Å². The van der Waals surface area contributed by atoms with Gasteiger partial charge >= 0.3 is 0 Å². The monoisotopic (exact) mass is 256 g/mol. The molecule has 2 rings (SSSR count). The lowest BCUT2D eigenvalue weighted by molar-refractivity contribution is 0.413. The molecule has 0 unspecified atom stereocenters. The van der Waals surface area contributed by atoms with E-state index in [2.05, 4.69) is 35.0 Å². The van der Waals surface area contributed by atoms with E-state index < -0.39 is 0 Å². The summed E-state index contributed by atoms with van der Waals surface area (Å²) in [6.45, 7) is 2.11. The van der Waals surface area contributed by atoms with Crippen molar-refractivity contribution in [2.24, 2.45) is 0 Å². The largest absolute Gasteiger partial charge is 0.496 e. The van der Waals surface area contributed by atoms with E-state index in [-0.39, 0.29) is 0 Å². The first kappa shape index (κ1) is 9.03. The van der Waals surface area contributed by atoms with E-state index in [1.54, 1.807) is 18.4 Å². The molecule has 1 aromatic carbocycles. The molecule has 0 fully saturated rings. The second-order valence-electron chi connectivity index (χ2n) is 2.85. The number of thiophene rings is 1. The van der Waals surface area contributed by atoms with Gasteiger partial charge in [-0.2, -0.15) is 0 Å². The van der Waals surface area contributed by atoms with Crippen LogP contribution in [-0.2, 0) is 0 Å². The minimum absolute atomic E-state index is 0.894. The molecule has 0 aliphatic carbocycles. The Morgan fingerprint density at radius 3 is 2.85 bits per heavy atom. The third kappa shape index (κ3) is 1.46. The maximum absolute atomic E-state index is 5.22. The van der Waals surface area contributed by atoms with Crippen LogP contribution in [0.5, 0.6) is 5.75 Å². The molecule has 0 saturated carbocycles. The highest BCUT2D eigenvalue weighted by Gasteiger charge is 2.06. The Bertz CT molecular complexity index is 447. The maximum Gasteiger partial charge on any atom is 0.133 e. The summed E-state index contributed by atoms with van der Waals surface area (Å²) in [6.07, 6.45) is 0. The smallest absolute Gasteiger partial charge is 0.133 e.